The van der Waals surface area contributed by atoms with Gasteiger partial charge in [0, 0.05) is 11.3 Å². The van der Waals surface area contributed by atoms with E-state index >= 15 is 0 Å². The zero-order valence-corrected chi connectivity index (χ0v) is 16.4. The van der Waals surface area contributed by atoms with E-state index in [9.17, 15) is 14.4 Å². The highest BCUT2D eigenvalue weighted by Crippen LogP contribution is 2.38. The van der Waals surface area contributed by atoms with Gasteiger partial charge >= 0.3 is 12.0 Å². The normalized spacial score (nSPS) is 17.9. The molecule has 2 aliphatic heterocycles. The predicted octanol–water partition coefficient (Wildman–Crippen LogP) is 2.60. The third-order valence-corrected chi connectivity index (χ3v) is 4.89. The maximum absolute atomic E-state index is 12.9. The van der Waals surface area contributed by atoms with E-state index in [1.165, 1.54) is 4.90 Å². The number of nitrogens with zero attached hydrogens (tertiary/aromatic N) is 1. The van der Waals surface area contributed by atoms with Crippen molar-refractivity contribution in [3.8, 4) is 5.75 Å². The van der Waals surface area contributed by atoms with Crippen LogP contribution in [0.15, 0.2) is 65.9 Å². The highest BCUT2D eigenvalue weighted by molar-refractivity contribution is 6.00. The highest BCUT2D eigenvalue weighted by atomic mass is 16.5. The number of benzene rings is 2. The van der Waals surface area contributed by atoms with Crippen LogP contribution in [0.25, 0.3) is 0 Å². The molecule has 1 atom stereocenters. The molecule has 8 nitrogen and oxygen atoms in total. The Hall–Kier alpha value is -3.81. The third kappa shape index (κ3) is 3.71. The molecule has 154 valence electrons. The Morgan fingerprint density at radius 2 is 1.90 bits per heavy atom. The smallest absolute Gasteiger partial charge is 0.338 e. The lowest BCUT2D eigenvalue weighted by Crippen LogP contribution is -2.49. The van der Waals surface area contributed by atoms with Gasteiger partial charge in [0.1, 0.15) is 18.9 Å². The van der Waals surface area contributed by atoms with Gasteiger partial charge in [0.05, 0.1) is 23.9 Å². The van der Waals surface area contributed by atoms with Crippen LogP contribution >= 0.6 is 0 Å². The summed E-state index contributed by atoms with van der Waals surface area (Å²) in [5.74, 6) is -0.322. The van der Waals surface area contributed by atoms with E-state index in [0.717, 1.165) is 0 Å². The molecule has 2 aromatic rings. The Bertz CT molecular complexity index is 1020. The number of rotatable bonds is 6. The Balaban J connectivity index is 1.63. The van der Waals surface area contributed by atoms with Gasteiger partial charge in [0.25, 0.3) is 0 Å². The van der Waals surface area contributed by atoms with Crippen LogP contribution in [-0.4, -0.2) is 42.6 Å². The molecule has 2 N–H and O–H groups in total. The summed E-state index contributed by atoms with van der Waals surface area (Å²) < 4.78 is 10.9. The number of hydrogen-bond donors (Lipinski definition) is 2. The minimum atomic E-state index is -0.710. The SMILES string of the molecule is CCOc1ccccc1[C@@H]1NC(=O)N(CC(=O)Nc2ccccc2)C2=C1C(=O)OC2. The van der Waals surface area contributed by atoms with Crippen molar-refractivity contribution in [2.24, 2.45) is 0 Å². The zero-order chi connectivity index (χ0) is 21.1. The molecule has 0 unspecified atom stereocenters. The fraction of sp³-hybridized carbons (Fsp3) is 0.227. The number of cyclic esters (lactones) is 1. The molecule has 30 heavy (non-hydrogen) atoms. The maximum atomic E-state index is 12.9. The first kappa shape index (κ1) is 19.5. The topological polar surface area (TPSA) is 97.0 Å². The Labute approximate surface area is 173 Å². The largest absolute Gasteiger partial charge is 0.494 e. The van der Waals surface area contributed by atoms with E-state index in [4.69, 9.17) is 9.47 Å². The number of nitrogens with one attached hydrogen (secondary N) is 2. The lowest BCUT2D eigenvalue weighted by atomic mass is 9.95. The molecule has 0 aliphatic carbocycles. The van der Waals surface area contributed by atoms with Crippen LogP contribution in [-0.2, 0) is 14.3 Å². The standard InChI is InChI=1S/C22H21N3O5/c1-2-29-17-11-7-6-10-15(17)20-19-16(13-30-21(19)27)25(22(28)24-20)12-18(26)23-14-8-4-3-5-9-14/h3-11,20H,2,12-13H2,1H3,(H,23,26)(H,24,28)/t20-/m0/s1. The molecule has 2 heterocycles. The molecule has 0 bridgehead atoms. The molecule has 4 rings (SSSR count). The molecule has 0 spiro atoms. The number of hydrogen-bond acceptors (Lipinski definition) is 5. The van der Waals surface area contributed by atoms with Gasteiger partial charge in [-0.3, -0.25) is 9.69 Å². The maximum Gasteiger partial charge on any atom is 0.338 e. The Morgan fingerprint density at radius 1 is 1.17 bits per heavy atom. The highest BCUT2D eigenvalue weighted by Gasteiger charge is 2.43. The molecule has 0 saturated carbocycles. The summed E-state index contributed by atoms with van der Waals surface area (Å²) in [6.07, 6.45) is 0. The van der Waals surface area contributed by atoms with Crippen LogP contribution in [0.3, 0.4) is 0 Å². The van der Waals surface area contributed by atoms with Crippen LogP contribution in [0.2, 0.25) is 0 Å². The fourth-order valence-corrected chi connectivity index (χ4v) is 3.58. The number of esters is 1. The molecule has 0 fully saturated rings. The monoisotopic (exact) mass is 407 g/mol. The summed E-state index contributed by atoms with van der Waals surface area (Å²) in [7, 11) is 0. The lowest BCUT2D eigenvalue weighted by molar-refractivity contribution is -0.136. The molecule has 3 amide bonds. The van der Waals surface area contributed by atoms with Crippen molar-refractivity contribution < 1.29 is 23.9 Å². The second kappa shape index (κ2) is 8.28. The second-order valence-electron chi connectivity index (χ2n) is 6.79. The molecular formula is C22H21N3O5. The first-order chi connectivity index (χ1) is 14.6. The van der Waals surface area contributed by atoms with Crippen molar-refractivity contribution in [2.75, 3.05) is 25.1 Å². The van der Waals surface area contributed by atoms with E-state index < -0.39 is 18.0 Å². The molecule has 0 saturated heterocycles. The van der Waals surface area contributed by atoms with Crippen molar-refractivity contribution in [1.29, 1.82) is 0 Å². The average molecular weight is 407 g/mol. The number of ether oxygens (including phenoxy) is 2. The second-order valence-corrected chi connectivity index (χ2v) is 6.79. The van der Waals surface area contributed by atoms with Crippen molar-refractivity contribution in [3.05, 3.63) is 71.4 Å². The average Bonchev–Trinajstić information content (AvgIpc) is 3.13. The molecule has 2 aliphatic rings. The fourth-order valence-electron chi connectivity index (χ4n) is 3.58. The van der Waals surface area contributed by atoms with Gasteiger partial charge in [-0.05, 0) is 25.1 Å². The lowest BCUT2D eigenvalue weighted by Gasteiger charge is -2.33. The van der Waals surface area contributed by atoms with Crippen LogP contribution in [0.4, 0.5) is 10.5 Å². The summed E-state index contributed by atoms with van der Waals surface area (Å²) in [4.78, 5) is 39.1. The number of carbonyl (C=O) groups is 3. The molecule has 0 radical (unpaired) electrons. The van der Waals surface area contributed by atoms with Crippen molar-refractivity contribution in [2.45, 2.75) is 13.0 Å². The number of carbonyl (C=O) groups excluding carboxylic acids is 3. The summed E-state index contributed by atoms with van der Waals surface area (Å²) in [6, 6.07) is 15.0. The van der Waals surface area contributed by atoms with Crippen molar-refractivity contribution in [1.82, 2.24) is 10.2 Å². The van der Waals surface area contributed by atoms with E-state index in [1.54, 1.807) is 36.4 Å². The molecular weight excluding hydrogens is 386 g/mol. The van der Waals surface area contributed by atoms with Crippen molar-refractivity contribution in [3.63, 3.8) is 0 Å². The number of anilines is 1. The number of para-hydroxylation sites is 2. The first-order valence-electron chi connectivity index (χ1n) is 9.63. The first-order valence-corrected chi connectivity index (χ1v) is 9.63. The third-order valence-electron chi connectivity index (χ3n) is 4.89. The minimum Gasteiger partial charge on any atom is -0.494 e. The molecule has 2 aromatic carbocycles. The van der Waals surface area contributed by atoms with Gasteiger partial charge in [-0.2, -0.15) is 0 Å². The Kier molecular flexibility index (Phi) is 5.38. The molecule has 8 heteroatoms. The summed E-state index contributed by atoms with van der Waals surface area (Å²) in [6.45, 7) is 2.00. The van der Waals surface area contributed by atoms with Crippen molar-refractivity contribution >= 4 is 23.6 Å². The Morgan fingerprint density at radius 3 is 2.67 bits per heavy atom. The van der Waals surface area contributed by atoms with Gasteiger partial charge in [-0.1, -0.05) is 36.4 Å². The molecule has 0 aromatic heterocycles. The van der Waals surface area contributed by atoms with E-state index in [0.29, 0.717) is 34.9 Å². The summed E-state index contributed by atoms with van der Waals surface area (Å²) in [5.41, 5.74) is 1.99. The van der Waals surface area contributed by atoms with E-state index in [-0.39, 0.29) is 19.1 Å². The van der Waals surface area contributed by atoms with Crippen LogP contribution in [0, 0.1) is 0 Å². The van der Waals surface area contributed by atoms with Gasteiger partial charge in [-0.15, -0.1) is 0 Å². The van der Waals surface area contributed by atoms with Gasteiger partial charge in [-0.25, -0.2) is 9.59 Å². The quantitative estimate of drug-likeness (QED) is 0.718. The van der Waals surface area contributed by atoms with Crippen LogP contribution in [0.1, 0.15) is 18.5 Å². The van der Waals surface area contributed by atoms with Gasteiger partial charge in [0.2, 0.25) is 5.91 Å². The minimum absolute atomic E-state index is 0.0620. The summed E-state index contributed by atoms with van der Waals surface area (Å²) in [5, 5.41) is 5.56. The number of urea groups is 1. The van der Waals surface area contributed by atoms with Gasteiger partial charge in [0.15, 0.2) is 0 Å². The van der Waals surface area contributed by atoms with Crippen LogP contribution < -0.4 is 15.4 Å². The number of amides is 3. The van der Waals surface area contributed by atoms with E-state index in [2.05, 4.69) is 10.6 Å². The summed E-state index contributed by atoms with van der Waals surface area (Å²) >= 11 is 0. The van der Waals surface area contributed by atoms with Gasteiger partial charge < -0.3 is 20.1 Å². The van der Waals surface area contributed by atoms with E-state index in [1.807, 2.05) is 25.1 Å². The van der Waals surface area contributed by atoms with Crippen LogP contribution in [0.5, 0.6) is 5.75 Å². The predicted molar refractivity (Wildman–Crippen MR) is 109 cm³/mol. The zero-order valence-electron chi connectivity index (χ0n) is 16.4.